The highest BCUT2D eigenvalue weighted by Crippen LogP contribution is 2.21. The van der Waals surface area contributed by atoms with Crippen molar-refractivity contribution in [3.8, 4) is 0 Å². The Bertz CT molecular complexity index is 348. The Labute approximate surface area is 96.8 Å². The zero-order valence-electron chi connectivity index (χ0n) is 10.1. The highest BCUT2D eigenvalue weighted by Gasteiger charge is 2.26. The minimum atomic E-state index is 0.170. The van der Waals surface area contributed by atoms with Crippen molar-refractivity contribution in [3.05, 3.63) is 17.5 Å². The SMILES string of the molecule is CCc1cc(CC)n(C2COCCC2N)n1. The molecule has 90 valence electrons. The van der Waals surface area contributed by atoms with Crippen molar-refractivity contribution in [2.75, 3.05) is 13.2 Å². The Balaban J connectivity index is 2.26. The van der Waals surface area contributed by atoms with Crippen LogP contribution in [-0.2, 0) is 17.6 Å². The standard InChI is InChI=1S/C12H21N3O/c1-3-9-7-10(4-2)15(14-9)12-8-16-6-5-11(12)13/h7,11-12H,3-6,8,13H2,1-2H3. The monoisotopic (exact) mass is 223 g/mol. The van der Waals surface area contributed by atoms with Crippen LogP contribution in [0, 0.1) is 0 Å². The summed E-state index contributed by atoms with van der Waals surface area (Å²) in [4.78, 5) is 0. The van der Waals surface area contributed by atoms with Crippen LogP contribution in [0.1, 0.15) is 37.7 Å². The van der Waals surface area contributed by atoms with Crippen LogP contribution < -0.4 is 5.73 Å². The van der Waals surface area contributed by atoms with E-state index in [1.807, 2.05) is 0 Å². The maximum Gasteiger partial charge on any atom is 0.0907 e. The van der Waals surface area contributed by atoms with Crippen molar-refractivity contribution in [3.63, 3.8) is 0 Å². The lowest BCUT2D eigenvalue weighted by Crippen LogP contribution is -2.41. The molecule has 4 heteroatoms. The van der Waals surface area contributed by atoms with Gasteiger partial charge in [-0.1, -0.05) is 13.8 Å². The van der Waals surface area contributed by atoms with E-state index in [0.29, 0.717) is 6.61 Å². The molecule has 1 saturated heterocycles. The van der Waals surface area contributed by atoms with Crippen LogP contribution in [0.2, 0.25) is 0 Å². The Hall–Kier alpha value is -0.870. The van der Waals surface area contributed by atoms with Gasteiger partial charge < -0.3 is 10.5 Å². The molecule has 1 aromatic heterocycles. The Morgan fingerprint density at radius 2 is 2.31 bits per heavy atom. The van der Waals surface area contributed by atoms with Crippen LogP contribution in [0.25, 0.3) is 0 Å². The maximum absolute atomic E-state index is 6.14. The molecule has 0 spiro atoms. The third kappa shape index (κ3) is 2.13. The molecule has 1 aliphatic heterocycles. The fraction of sp³-hybridized carbons (Fsp3) is 0.750. The number of aryl methyl sites for hydroxylation is 2. The first-order valence-corrected chi connectivity index (χ1v) is 6.16. The van der Waals surface area contributed by atoms with E-state index in [1.54, 1.807) is 0 Å². The Morgan fingerprint density at radius 3 is 2.94 bits per heavy atom. The van der Waals surface area contributed by atoms with Gasteiger partial charge in [-0.05, 0) is 25.3 Å². The third-order valence-corrected chi connectivity index (χ3v) is 3.28. The van der Waals surface area contributed by atoms with E-state index < -0.39 is 0 Å². The van der Waals surface area contributed by atoms with Gasteiger partial charge in [0.15, 0.2) is 0 Å². The van der Waals surface area contributed by atoms with Crippen LogP contribution in [-0.4, -0.2) is 29.0 Å². The average Bonchev–Trinajstić information content (AvgIpc) is 2.72. The molecule has 0 bridgehead atoms. The first-order valence-electron chi connectivity index (χ1n) is 6.16. The summed E-state index contributed by atoms with van der Waals surface area (Å²) in [5.74, 6) is 0. The summed E-state index contributed by atoms with van der Waals surface area (Å²) in [6.07, 6.45) is 2.90. The molecule has 0 aliphatic carbocycles. The molecule has 1 fully saturated rings. The van der Waals surface area contributed by atoms with Crippen LogP contribution >= 0.6 is 0 Å². The van der Waals surface area contributed by atoms with Gasteiger partial charge in [0.25, 0.3) is 0 Å². The molecular weight excluding hydrogens is 202 g/mol. The number of hydrogen-bond acceptors (Lipinski definition) is 3. The molecular formula is C12H21N3O. The summed E-state index contributed by atoms with van der Waals surface area (Å²) in [6, 6.07) is 2.56. The predicted molar refractivity (Wildman–Crippen MR) is 63.4 cm³/mol. The maximum atomic E-state index is 6.14. The van der Waals surface area contributed by atoms with Gasteiger partial charge in [0.2, 0.25) is 0 Å². The summed E-state index contributed by atoms with van der Waals surface area (Å²) in [6.45, 7) is 5.76. The summed E-state index contributed by atoms with van der Waals surface area (Å²) in [5, 5.41) is 4.63. The number of ether oxygens (including phenoxy) is 1. The molecule has 2 heterocycles. The number of aromatic nitrogens is 2. The molecule has 2 atom stereocenters. The average molecular weight is 223 g/mol. The highest BCUT2D eigenvalue weighted by molar-refractivity contribution is 5.12. The molecule has 1 aliphatic rings. The molecule has 0 aromatic carbocycles. The lowest BCUT2D eigenvalue weighted by Gasteiger charge is -2.30. The fourth-order valence-corrected chi connectivity index (χ4v) is 2.21. The van der Waals surface area contributed by atoms with Gasteiger partial charge in [-0.3, -0.25) is 4.68 Å². The van der Waals surface area contributed by atoms with Crippen molar-refractivity contribution in [2.24, 2.45) is 5.73 Å². The molecule has 2 N–H and O–H groups in total. The van der Waals surface area contributed by atoms with Gasteiger partial charge in [-0.2, -0.15) is 5.10 Å². The lowest BCUT2D eigenvalue weighted by molar-refractivity contribution is 0.0413. The number of nitrogens with two attached hydrogens (primary N) is 1. The highest BCUT2D eigenvalue weighted by atomic mass is 16.5. The van der Waals surface area contributed by atoms with E-state index in [9.17, 15) is 0 Å². The third-order valence-electron chi connectivity index (χ3n) is 3.28. The van der Waals surface area contributed by atoms with E-state index in [0.717, 1.165) is 31.6 Å². The second-order valence-corrected chi connectivity index (χ2v) is 4.37. The second-order valence-electron chi connectivity index (χ2n) is 4.37. The summed E-state index contributed by atoms with van der Waals surface area (Å²) in [7, 11) is 0. The predicted octanol–water partition coefficient (Wildman–Crippen LogP) is 1.30. The zero-order chi connectivity index (χ0) is 11.5. The normalized spacial score (nSPS) is 25.9. The summed E-state index contributed by atoms with van der Waals surface area (Å²) < 4.78 is 7.59. The van der Waals surface area contributed by atoms with E-state index in [4.69, 9.17) is 10.5 Å². The van der Waals surface area contributed by atoms with E-state index in [1.165, 1.54) is 5.69 Å². The van der Waals surface area contributed by atoms with Crippen molar-refractivity contribution in [1.82, 2.24) is 9.78 Å². The van der Waals surface area contributed by atoms with Crippen LogP contribution in [0.5, 0.6) is 0 Å². The van der Waals surface area contributed by atoms with Gasteiger partial charge in [-0.15, -0.1) is 0 Å². The van der Waals surface area contributed by atoms with E-state index in [-0.39, 0.29) is 12.1 Å². The lowest BCUT2D eigenvalue weighted by atomic mass is 10.0. The first kappa shape index (κ1) is 11.6. The molecule has 1 aromatic rings. The molecule has 0 radical (unpaired) electrons. The smallest absolute Gasteiger partial charge is 0.0907 e. The summed E-state index contributed by atoms with van der Waals surface area (Å²) >= 11 is 0. The van der Waals surface area contributed by atoms with Gasteiger partial charge in [-0.25, -0.2) is 0 Å². The molecule has 2 rings (SSSR count). The Morgan fingerprint density at radius 1 is 1.50 bits per heavy atom. The number of nitrogens with zero attached hydrogens (tertiary/aromatic N) is 2. The molecule has 2 unspecified atom stereocenters. The second kappa shape index (κ2) is 4.97. The molecule has 0 amide bonds. The first-order chi connectivity index (χ1) is 7.76. The van der Waals surface area contributed by atoms with E-state index >= 15 is 0 Å². The minimum Gasteiger partial charge on any atom is -0.379 e. The number of hydrogen-bond donors (Lipinski definition) is 1. The van der Waals surface area contributed by atoms with Gasteiger partial charge >= 0.3 is 0 Å². The van der Waals surface area contributed by atoms with E-state index in [2.05, 4.69) is 29.7 Å². The van der Waals surface area contributed by atoms with Crippen LogP contribution in [0.3, 0.4) is 0 Å². The van der Waals surface area contributed by atoms with Gasteiger partial charge in [0.05, 0.1) is 18.3 Å². The van der Waals surface area contributed by atoms with Crippen molar-refractivity contribution < 1.29 is 4.74 Å². The molecule has 16 heavy (non-hydrogen) atoms. The van der Waals surface area contributed by atoms with Crippen LogP contribution in [0.15, 0.2) is 6.07 Å². The summed E-state index contributed by atoms with van der Waals surface area (Å²) in [5.41, 5.74) is 8.56. The van der Waals surface area contributed by atoms with Crippen molar-refractivity contribution >= 4 is 0 Å². The van der Waals surface area contributed by atoms with Crippen molar-refractivity contribution in [2.45, 2.75) is 45.2 Å². The Kier molecular flexibility index (Phi) is 3.61. The largest absolute Gasteiger partial charge is 0.379 e. The number of rotatable bonds is 3. The van der Waals surface area contributed by atoms with Crippen molar-refractivity contribution in [1.29, 1.82) is 0 Å². The zero-order valence-corrected chi connectivity index (χ0v) is 10.1. The molecule has 0 saturated carbocycles. The fourth-order valence-electron chi connectivity index (χ4n) is 2.21. The molecule has 4 nitrogen and oxygen atoms in total. The topological polar surface area (TPSA) is 53.1 Å². The van der Waals surface area contributed by atoms with Gasteiger partial charge in [0, 0.05) is 18.3 Å². The van der Waals surface area contributed by atoms with Gasteiger partial charge in [0.1, 0.15) is 0 Å². The quantitative estimate of drug-likeness (QED) is 0.840. The van der Waals surface area contributed by atoms with Crippen LogP contribution in [0.4, 0.5) is 0 Å². The minimum absolute atomic E-state index is 0.170.